The monoisotopic (exact) mass is 217 g/mol. The van der Waals surface area contributed by atoms with Gasteiger partial charge in [-0.1, -0.05) is 12.1 Å². The molecule has 5 nitrogen and oxygen atoms in total. The summed E-state index contributed by atoms with van der Waals surface area (Å²) in [5, 5.41) is 8.32. The molecule has 82 valence electrons. The van der Waals surface area contributed by atoms with Crippen LogP contribution in [0, 0.1) is 0 Å². The molecule has 0 atom stereocenters. The van der Waals surface area contributed by atoms with E-state index in [1.54, 1.807) is 24.4 Å². The van der Waals surface area contributed by atoms with Crippen LogP contribution in [0.25, 0.3) is 0 Å². The van der Waals surface area contributed by atoms with E-state index in [0.717, 1.165) is 0 Å². The Balaban J connectivity index is 0.000000165. The Morgan fingerprint density at radius 3 is 1.94 bits per heavy atom. The number of carbonyl (C=O) groups is 1. The fraction of sp³-hybridized carbons (Fsp3) is 0. The highest BCUT2D eigenvalue weighted by Gasteiger charge is 1.98. The summed E-state index contributed by atoms with van der Waals surface area (Å²) < 4.78 is 0. The van der Waals surface area contributed by atoms with Gasteiger partial charge in [0.25, 0.3) is 0 Å². The van der Waals surface area contributed by atoms with Gasteiger partial charge in [-0.05, 0) is 24.3 Å². The summed E-state index contributed by atoms with van der Waals surface area (Å²) in [5.74, 6) is -0.418. The summed E-state index contributed by atoms with van der Waals surface area (Å²) >= 11 is 0. The van der Waals surface area contributed by atoms with Crippen molar-refractivity contribution in [3.8, 4) is 0 Å². The van der Waals surface area contributed by atoms with Crippen molar-refractivity contribution in [1.82, 2.24) is 9.97 Å². The van der Waals surface area contributed by atoms with Gasteiger partial charge in [0.05, 0.1) is 0 Å². The van der Waals surface area contributed by atoms with Crippen LogP contribution in [0.5, 0.6) is 0 Å². The second kappa shape index (κ2) is 6.13. The van der Waals surface area contributed by atoms with Crippen LogP contribution in [0.15, 0.2) is 48.8 Å². The van der Waals surface area contributed by atoms with Crippen molar-refractivity contribution in [3.05, 3.63) is 54.5 Å². The first-order valence-corrected chi connectivity index (χ1v) is 4.51. The quantitative estimate of drug-likeness (QED) is 0.754. The highest BCUT2D eigenvalue weighted by molar-refractivity contribution is 5.85. The zero-order chi connectivity index (χ0) is 11.8. The third-order valence-corrected chi connectivity index (χ3v) is 1.57. The number of hydrogen-bond donors (Lipinski definition) is 2. The number of carboxylic acid groups (broad SMARTS) is 1. The Hall–Kier alpha value is -2.43. The molecular weight excluding hydrogens is 206 g/mol. The number of hydrogen-bond acceptors (Lipinski definition) is 4. The molecule has 0 unspecified atom stereocenters. The fourth-order valence-corrected chi connectivity index (χ4v) is 0.865. The molecule has 5 heteroatoms. The number of aromatic carboxylic acids is 1. The average Bonchev–Trinajstić information content (AvgIpc) is 2.32. The maximum Gasteiger partial charge on any atom is 0.354 e. The number of nitrogen functional groups attached to an aromatic ring is 1. The van der Waals surface area contributed by atoms with Crippen LogP contribution in [0.1, 0.15) is 10.5 Å². The van der Waals surface area contributed by atoms with Crippen molar-refractivity contribution in [1.29, 1.82) is 0 Å². The molecule has 2 aromatic rings. The van der Waals surface area contributed by atoms with E-state index < -0.39 is 5.97 Å². The van der Waals surface area contributed by atoms with Crippen LogP contribution < -0.4 is 5.73 Å². The van der Waals surface area contributed by atoms with E-state index in [2.05, 4.69) is 9.97 Å². The van der Waals surface area contributed by atoms with Crippen LogP contribution in [-0.2, 0) is 0 Å². The standard InChI is InChI=1S/C6H5NO2.C5H6N2/c8-6(9)5-3-1-2-4-7-5;6-5-3-1-2-4-7-5/h1-4H,(H,8,9);1-4H,(H2,6,7). The fourth-order valence-electron chi connectivity index (χ4n) is 0.865. The molecule has 0 aliphatic heterocycles. The molecule has 0 amide bonds. The van der Waals surface area contributed by atoms with Gasteiger partial charge < -0.3 is 10.8 Å². The molecule has 0 spiro atoms. The van der Waals surface area contributed by atoms with E-state index >= 15 is 0 Å². The highest BCUT2D eigenvalue weighted by atomic mass is 16.4. The number of rotatable bonds is 1. The zero-order valence-electron chi connectivity index (χ0n) is 8.45. The Morgan fingerprint density at radius 2 is 1.69 bits per heavy atom. The number of anilines is 1. The lowest BCUT2D eigenvalue weighted by Gasteiger charge is -1.87. The van der Waals surface area contributed by atoms with Gasteiger partial charge in [0.2, 0.25) is 0 Å². The summed E-state index contributed by atoms with van der Waals surface area (Å²) in [6.45, 7) is 0. The molecule has 0 aromatic carbocycles. The van der Waals surface area contributed by atoms with Gasteiger partial charge in [0.15, 0.2) is 0 Å². The molecule has 0 saturated carbocycles. The molecule has 3 N–H and O–H groups in total. The SMILES string of the molecule is Nc1ccccn1.O=C(O)c1ccccn1. The van der Waals surface area contributed by atoms with Crippen LogP contribution in [-0.4, -0.2) is 21.0 Å². The number of pyridine rings is 2. The molecule has 0 aliphatic carbocycles. The average molecular weight is 217 g/mol. The Labute approximate surface area is 92.6 Å². The summed E-state index contributed by atoms with van der Waals surface area (Å²) in [7, 11) is 0. The third-order valence-electron chi connectivity index (χ3n) is 1.57. The van der Waals surface area contributed by atoms with Crippen molar-refractivity contribution in [3.63, 3.8) is 0 Å². The first-order chi connectivity index (χ1) is 7.70. The molecule has 0 radical (unpaired) electrons. The first-order valence-electron chi connectivity index (χ1n) is 4.51. The van der Waals surface area contributed by atoms with Crippen LogP contribution in [0.3, 0.4) is 0 Å². The smallest absolute Gasteiger partial charge is 0.354 e. The van der Waals surface area contributed by atoms with E-state index in [1.165, 1.54) is 12.3 Å². The van der Waals surface area contributed by atoms with Crippen molar-refractivity contribution >= 4 is 11.8 Å². The van der Waals surface area contributed by atoms with Crippen molar-refractivity contribution in [2.75, 3.05) is 5.73 Å². The third kappa shape index (κ3) is 4.19. The summed E-state index contributed by atoms with van der Waals surface area (Å²) in [6, 6.07) is 10.2. The maximum absolute atomic E-state index is 10.1. The first kappa shape index (κ1) is 11.6. The topological polar surface area (TPSA) is 89.1 Å². The van der Waals surface area contributed by atoms with Gasteiger partial charge in [0, 0.05) is 12.4 Å². The van der Waals surface area contributed by atoms with Crippen molar-refractivity contribution in [2.45, 2.75) is 0 Å². The second-order valence-electron chi connectivity index (χ2n) is 2.77. The van der Waals surface area contributed by atoms with Gasteiger partial charge in [-0.25, -0.2) is 14.8 Å². The van der Waals surface area contributed by atoms with E-state index in [4.69, 9.17) is 10.8 Å². The summed E-state index contributed by atoms with van der Waals surface area (Å²) in [5.41, 5.74) is 5.33. The predicted molar refractivity (Wildman–Crippen MR) is 59.8 cm³/mol. The minimum absolute atomic E-state index is 0.0810. The van der Waals surface area contributed by atoms with Gasteiger partial charge in [-0.15, -0.1) is 0 Å². The molecule has 16 heavy (non-hydrogen) atoms. The van der Waals surface area contributed by atoms with E-state index in [-0.39, 0.29) is 5.69 Å². The molecule has 2 aromatic heterocycles. The van der Waals surface area contributed by atoms with Crippen LogP contribution >= 0.6 is 0 Å². The number of carboxylic acids is 1. The van der Waals surface area contributed by atoms with E-state index in [0.29, 0.717) is 5.82 Å². The number of nitrogens with two attached hydrogens (primary N) is 1. The van der Waals surface area contributed by atoms with Gasteiger partial charge in [-0.2, -0.15) is 0 Å². The molecule has 0 aliphatic rings. The summed E-state index contributed by atoms with van der Waals surface area (Å²) in [4.78, 5) is 17.5. The minimum Gasteiger partial charge on any atom is -0.477 e. The van der Waals surface area contributed by atoms with Crippen molar-refractivity contribution in [2.24, 2.45) is 0 Å². The molecule has 0 saturated heterocycles. The Kier molecular flexibility index (Phi) is 4.46. The maximum atomic E-state index is 10.1. The molecular formula is C11H11N3O2. The number of nitrogens with zero attached hydrogens (tertiary/aromatic N) is 2. The van der Waals surface area contributed by atoms with E-state index in [9.17, 15) is 4.79 Å². The van der Waals surface area contributed by atoms with E-state index in [1.807, 2.05) is 12.1 Å². The number of aromatic nitrogens is 2. The molecule has 2 rings (SSSR count). The molecule has 0 fully saturated rings. The Morgan fingerprint density at radius 1 is 1.06 bits per heavy atom. The molecule has 0 bridgehead atoms. The van der Waals surface area contributed by atoms with Gasteiger partial charge in [0.1, 0.15) is 11.5 Å². The lowest BCUT2D eigenvalue weighted by atomic mass is 10.4. The molecule has 2 heterocycles. The lowest BCUT2D eigenvalue weighted by molar-refractivity contribution is 0.0690. The minimum atomic E-state index is -0.990. The van der Waals surface area contributed by atoms with Crippen molar-refractivity contribution < 1.29 is 9.90 Å². The Bertz CT molecular complexity index is 431. The van der Waals surface area contributed by atoms with Crippen LogP contribution in [0.2, 0.25) is 0 Å². The van der Waals surface area contributed by atoms with Crippen LogP contribution in [0.4, 0.5) is 5.82 Å². The zero-order valence-corrected chi connectivity index (χ0v) is 8.45. The largest absolute Gasteiger partial charge is 0.477 e. The predicted octanol–water partition coefficient (Wildman–Crippen LogP) is 1.44. The lowest BCUT2D eigenvalue weighted by Crippen LogP contribution is -1.97. The van der Waals surface area contributed by atoms with Gasteiger partial charge >= 0.3 is 5.97 Å². The summed E-state index contributed by atoms with van der Waals surface area (Å²) in [6.07, 6.45) is 3.11. The normalized spacial score (nSPS) is 8.75. The van der Waals surface area contributed by atoms with Gasteiger partial charge in [-0.3, -0.25) is 0 Å². The second-order valence-corrected chi connectivity index (χ2v) is 2.77. The highest BCUT2D eigenvalue weighted by Crippen LogP contribution is 1.90.